The first-order chi connectivity index (χ1) is 13.5. The molecule has 0 amide bonds. The molecule has 0 aliphatic carbocycles. The zero-order valence-corrected chi connectivity index (χ0v) is 18.6. The van der Waals surface area contributed by atoms with E-state index >= 15 is 0 Å². The van der Waals surface area contributed by atoms with E-state index in [1.54, 1.807) is 20.3 Å². The van der Waals surface area contributed by atoms with E-state index in [4.69, 9.17) is 24.0 Å². The summed E-state index contributed by atoms with van der Waals surface area (Å²) in [6.45, 7) is 12.2. The zero-order valence-electron chi connectivity index (χ0n) is 18.6. The lowest BCUT2D eigenvalue weighted by molar-refractivity contribution is 0.00578. The second-order valence-corrected chi connectivity index (χ2v) is 8.22. The average Bonchev–Trinajstić information content (AvgIpc) is 2.88. The third-order valence-electron chi connectivity index (χ3n) is 5.25. The number of rotatable bonds is 3. The zero-order chi connectivity index (χ0) is 21.8. The second-order valence-electron chi connectivity index (χ2n) is 8.22. The van der Waals surface area contributed by atoms with Crippen molar-refractivity contribution in [2.75, 3.05) is 14.2 Å². The smallest absolute Gasteiger partial charge is 0.494 e. The van der Waals surface area contributed by atoms with Crippen molar-refractivity contribution in [3.63, 3.8) is 0 Å². The molecule has 2 aromatic carbocycles. The average molecular weight is 411 g/mol. The van der Waals surface area contributed by atoms with Gasteiger partial charge in [0.1, 0.15) is 11.5 Å². The van der Waals surface area contributed by atoms with Gasteiger partial charge in [0, 0.05) is 0 Å². The summed E-state index contributed by atoms with van der Waals surface area (Å²) in [6, 6.07) is 13.5. The van der Waals surface area contributed by atoms with Gasteiger partial charge in [-0.05, 0) is 88.5 Å². The Morgan fingerprint density at radius 3 is 1.73 bits per heavy atom. The van der Waals surface area contributed by atoms with E-state index in [0.717, 1.165) is 28.1 Å². The van der Waals surface area contributed by atoms with Gasteiger partial charge < -0.3 is 18.8 Å². The molecule has 162 valence electrons. The van der Waals surface area contributed by atoms with Crippen LogP contribution in [0.2, 0.25) is 0 Å². The van der Waals surface area contributed by atoms with Gasteiger partial charge in [-0.2, -0.15) is 5.26 Å². The number of hydrogen-bond donors (Lipinski definition) is 0. The summed E-state index contributed by atoms with van der Waals surface area (Å²) in [5.41, 5.74) is 3.20. The van der Waals surface area contributed by atoms with Crippen molar-refractivity contribution in [2.24, 2.45) is 0 Å². The largest absolute Gasteiger partial charge is 0.497 e. The Labute approximate surface area is 182 Å². The summed E-state index contributed by atoms with van der Waals surface area (Å²) in [7, 11) is 2.93. The van der Waals surface area contributed by atoms with Crippen molar-refractivity contribution in [3.8, 4) is 17.6 Å². The molecular weight excluding hydrogens is 377 g/mol. The van der Waals surface area contributed by atoms with Crippen LogP contribution < -0.4 is 14.9 Å². The van der Waals surface area contributed by atoms with Gasteiger partial charge in [0.2, 0.25) is 0 Å². The van der Waals surface area contributed by atoms with E-state index in [1.165, 1.54) is 0 Å². The van der Waals surface area contributed by atoms with Crippen molar-refractivity contribution >= 4 is 12.6 Å². The first-order valence-electron chi connectivity index (χ1n) is 9.58. The predicted octanol–water partition coefficient (Wildman–Crippen LogP) is 4.81. The summed E-state index contributed by atoms with van der Waals surface area (Å²) in [5.74, 6) is 1.57. The van der Waals surface area contributed by atoms with Crippen LogP contribution in [0.3, 0.4) is 0 Å². The summed E-state index contributed by atoms with van der Waals surface area (Å²) in [4.78, 5) is 0. The van der Waals surface area contributed by atoms with Gasteiger partial charge in [-0.25, -0.2) is 0 Å². The van der Waals surface area contributed by atoms with Gasteiger partial charge in [0.15, 0.2) is 0 Å². The number of ether oxygens (including phenoxy) is 2. The molecule has 1 saturated heterocycles. The van der Waals surface area contributed by atoms with Crippen molar-refractivity contribution in [1.29, 1.82) is 5.26 Å². The maximum absolute atomic E-state index is 8.58. The summed E-state index contributed by atoms with van der Waals surface area (Å²) < 4.78 is 22.3. The number of nitriles is 1. The van der Waals surface area contributed by atoms with Crippen LogP contribution in [0, 0.1) is 25.2 Å². The third kappa shape index (κ3) is 6.01. The van der Waals surface area contributed by atoms with E-state index < -0.39 is 0 Å². The minimum atomic E-state index is -0.330. The first kappa shape index (κ1) is 25.6. The molecule has 0 spiro atoms. The molecule has 2 aromatic rings. The molecule has 1 fully saturated rings. The molecule has 0 saturated carbocycles. The highest BCUT2D eigenvalue weighted by molar-refractivity contribution is 6.62. The van der Waals surface area contributed by atoms with Crippen LogP contribution in [0.5, 0.6) is 11.5 Å². The van der Waals surface area contributed by atoms with E-state index in [0.29, 0.717) is 5.56 Å². The standard InChI is InChI=1S/C14H21BO3.C9H9NO.CH4/c1-10-7-11(9-12(8-10)16-6)15-17-13(2,3)14(4,5)18-15;1-7-3-8(6-10)5-9(4-7)11-2;/h7-9H,1-6H3;3-5H,1-2H3;1H4. The molecule has 0 bridgehead atoms. The maximum Gasteiger partial charge on any atom is 0.494 e. The van der Waals surface area contributed by atoms with Gasteiger partial charge in [0.25, 0.3) is 0 Å². The summed E-state index contributed by atoms with van der Waals surface area (Å²) in [5, 5.41) is 8.58. The number of benzene rings is 2. The monoisotopic (exact) mass is 411 g/mol. The van der Waals surface area contributed by atoms with Crippen molar-refractivity contribution in [3.05, 3.63) is 53.1 Å². The quantitative estimate of drug-likeness (QED) is 0.678. The van der Waals surface area contributed by atoms with Crippen LogP contribution in [-0.2, 0) is 9.31 Å². The number of nitrogens with zero attached hydrogens (tertiary/aromatic N) is 1. The van der Waals surface area contributed by atoms with Crippen molar-refractivity contribution in [1.82, 2.24) is 0 Å². The predicted molar refractivity (Wildman–Crippen MR) is 123 cm³/mol. The van der Waals surface area contributed by atoms with E-state index in [-0.39, 0.29) is 25.7 Å². The number of aryl methyl sites for hydroxylation is 2. The van der Waals surface area contributed by atoms with E-state index in [2.05, 4.69) is 39.8 Å². The highest BCUT2D eigenvalue weighted by atomic mass is 16.7. The Bertz CT molecular complexity index is 887. The lowest BCUT2D eigenvalue weighted by Crippen LogP contribution is -2.41. The molecule has 30 heavy (non-hydrogen) atoms. The first-order valence-corrected chi connectivity index (χ1v) is 9.58. The maximum atomic E-state index is 8.58. The summed E-state index contributed by atoms with van der Waals surface area (Å²) >= 11 is 0. The molecular formula is C24H34BNO4. The molecule has 0 radical (unpaired) electrons. The molecule has 5 nitrogen and oxygen atoms in total. The molecule has 1 aliphatic rings. The molecule has 6 heteroatoms. The molecule has 1 heterocycles. The van der Waals surface area contributed by atoms with E-state index in [9.17, 15) is 0 Å². The van der Waals surface area contributed by atoms with E-state index in [1.807, 2.05) is 38.1 Å². The Morgan fingerprint density at radius 2 is 1.27 bits per heavy atom. The normalized spacial score (nSPS) is 15.9. The Balaban J connectivity index is 0.000000324. The molecule has 3 rings (SSSR count). The molecule has 0 atom stereocenters. The topological polar surface area (TPSA) is 60.7 Å². The van der Waals surface area contributed by atoms with Crippen LogP contribution >= 0.6 is 0 Å². The van der Waals surface area contributed by atoms with Gasteiger partial charge >= 0.3 is 7.12 Å². The highest BCUT2D eigenvalue weighted by Gasteiger charge is 2.51. The Kier molecular flexibility index (Phi) is 8.53. The lowest BCUT2D eigenvalue weighted by Gasteiger charge is -2.32. The fourth-order valence-corrected chi connectivity index (χ4v) is 2.94. The van der Waals surface area contributed by atoms with Gasteiger partial charge in [-0.1, -0.05) is 13.5 Å². The minimum absolute atomic E-state index is 0. The van der Waals surface area contributed by atoms with Crippen LogP contribution in [0.1, 0.15) is 51.8 Å². The molecule has 0 aromatic heterocycles. The third-order valence-corrected chi connectivity index (χ3v) is 5.25. The van der Waals surface area contributed by atoms with Crippen LogP contribution in [0.15, 0.2) is 36.4 Å². The minimum Gasteiger partial charge on any atom is -0.497 e. The fraction of sp³-hybridized carbons (Fsp3) is 0.458. The van der Waals surface area contributed by atoms with Crippen LogP contribution in [0.4, 0.5) is 0 Å². The van der Waals surface area contributed by atoms with Gasteiger partial charge in [0.05, 0.1) is 37.1 Å². The number of hydrogen-bond acceptors (Lipinski definition) is 5. The molecule has 1 aliphatic heterocycles. The van der Waals surface area contributed by atoms with Crippen LogP contribution in [-0.4, -0.2) is 32.5 Å². The van der Waals surface area contributed by atoms with Crippen LogP contribution in [0.25, 0.3) is 0 Å². The summed E-state index contributed by atoms with van der Waals surface area (Å²) in [6.07, 6.45) is 0. The second kappa shape index (κ2) is 10.0. The van der Waals surface area contributed by atoms with Crippen molar-refractivity contribution < 1.29 is 18.8 Å². The van der Waals surface area contributed by atoms with Crippen molar-refractivity contribution in [2.45, 2.75) is 60.2 Å². The SMILES string of the molecule is C.COc1cc(C)cc(B2OC(C)(C)C(C)(C)O2)c1.COc1cc(C)cc(C#N)c1. The molecule has 0 N–H and O–H groups in total. The Morgan fingerprint density at radius 1 is 0.800 bits per heavy atom. The molecule has 0 unspecified atom stereocenters. The highest BCUT2D eigenvalue weighted by Crippen LogP contribution is 2.36. The Hall–Kier alpha value is -2.49. The fourth-order valence-electron chi connectivity index (χ4n) is 2.94. The van der Waals surface area contributed by atoms with Gasteiger partial charge in [-0.3, -0.25) is 0 Å². The lowest BCUT2D eigenvalue weighted by atomic mass is 9.78. The van der Waals surface area contributed by atoms with Gasteiger partial charge in [-0.15, -0.1) is 0 Å². The number of methoxy groups -OCH3 is 2.